The van der Waals surface area contributed by atoms with Gasteiger partial charge in [0.1, 0.15) is 5.75 Å². The molecular formula is C10H8F3NO3S. The SMILES string of the molecule is O=S(=O)(Oc1ccc2c(c1)CNC=C2)C(F)(F)F. The molecule has 0 aromatic heterocycles. The van der Waals surface area contributed by atoms with Crippen LogP contribution in [-0.4, -0.2) is 13.9 Å². The van der Waals surface area contributed by atoms with Crippen molar-refractivity contribution < 1.29 is 25.8 Å². The summed E-state index contributed by atoms with van der Waals surface area (Å²) in [6, 6.07) is 3.93. The second-order valence-electron chi connectivity index (χ2n) is 3.56. The van der Waals surface area contributed by atoms with Crippen LogP contribution < -0.4 is 9.50 Å². The fraction of sp³-hybridized carbons (Fsp3) is 0.200. The van der Waals surface area contributed by atoms with E-state index in [-0.39, 0.29) is 5.75 Å². The highest BCUT2D eigenvalue weighted by Crippen LogP contribution is 2.28. The fourth-order valence-electron chi connectivity index (χ4n) is 1.44. The summed E-state index contributed by atoms with van der Waals surface area (Å²) in [6.45, 7) is 0.398. The molecule has 18 heavy (non-hydrogen) atoms. The van der Waals surface area contributed by atoms with Gasteiger partial charge in [-0.05, 0) is 35.5 Å². The molecule has 0 amide bonds. The van der Waals surface area contributed by atoms with Gasteiger partial charge in [-0.15, -0.1) is 0 Å². The summed E-state index contributed by atoms with van der Waals surface area (Å²) in [6.07, 6.45) is 3.41. The van der Waals surface area contributed by atoms with Crippen molar-refractivity contribution in [2.45, 2.75) is 12.1 Å². The zero-order valence-electron chi connectivity index (χ0n) is 8.86. The van der Waals surface area contributed by atoms with Gasteiger partial charge in [0.2, 0.25) is 0 Å². The van der Waals surface area contributed by atoms with Crippen molar-refractivity contribution in [3.63, 3.8) is 0 Å². The van der Waals surface area contributed by atoms with E-state index in [1.54, 1.807) is 12.3 Å². The van der Waals surface area contributed by atoms with Crippen molar-refractivity contribution in [3.8, 4) is 5.75 Å². The molecule has 1 aliphatic heterocycles. The van der Waals surface area contributed by atoms with E-state index in [0.29, 0.717) is 12.1 Å². The maximum absolute atomic E-state index is 12.1. The van der Waals surface area contributed by atoms with E-state index in [0.717, 1.165) is 5.56 Å². The zero-order chi connectivity index (χ0) is 13.4. The number of hydrogen-bond donors (Lipinski definition) is 1. The minimum Gasteiger partial charge on any atom is -0.387 e. The van der Waals surface area contributed by atoms with Gasteiger partial charge < -0.3 is 9.50 Å². The molecule has 0 bridgehead atoms. The number of halogens is 3. The Kier molecular flexibility index (Phi) is 2.97. The highest BCUT2D eigenvalue weighted by atomic mass is 32.2. The van der Waals surface area contributed by atoms with Gasteiger partial charge in [-0.25, -0.2) is 0 Å². The molecule has 8 heteroatoms. The van der Waals surface area contributed by atoms with E-state index in [4.69, 9.17) is 0 Å². The Balaban J connectivity index is 2.29. The predicted octanol–water partition coefficient (Wildman–Crippen LogP) is 1.99. The molecule has 0 spiro atoms. The first kappa shape index (κ1) is 12.7. The molecule has 1 aromatic rings. The predicted molar refractivity (Wildman–Crippen MR) is 57.9 cm³/mol. The van der Waals surface area contributed by atoms with Crippen molar-refractivity contribution in [3.05, 3.63) is 35.5 Å². The Morgan fingerprint density at radius 1 is 1.28 bits per heavy atom. The monoisotopic (exact) mass is 279 g/mol. The van der Waals surface area contributed by atoms with Gasteiger partial charge in [-0.2, -0.15) is 21.6 Å². The van der Waals surface area contributed by atoms with Crippen molar-refractivity contribution >= 4 is 16.2 Å². The molecule has 0 saturated carbocycles. The Hall–Kier alpha value is -1.70. The van der Waals surface area contributed by atoms with E-state index in [2.05, 4.69) is 9.50 Å². The van der Waals surface area contributed by atoms with Crippen LogP contribution in [0, 0.1) is 0 Å². The minimum atomic E-state index is -5.62. The number of alkyl halides is 3. The molecule has 1 N–H and O–H groups in total. The van der Waals surface area contributed by atoms with Crippen molar-refractivity contribution in [1.82, 2.24) is 5.32 Å². The molecule has 1 heterocycles. The van der Waals surface area contributed by atoms with Crippen LogP contribution in [0.15, 0.2) is 24.4 Å². The molecule has 0 saturated heterocycles. The third kappa shape index (κ3) is 2.42. The zero-order valence-corrected chi connectivity index (χ0v) is 9.68. The first-order chi connectivity index (χ1) is 8.29. The summed E-state index contributed by atoms with van der Waals surface area (Å²) in [5.41, 5.74) is -3.97. The lowest BCUT2D eigenvalue weighted by Crippen LogP contribution is -2.28. The van der Waals surface area contributed by atoms with Crippen molar-refractivity contribution in [1.29, 1.82) is 0 Å². The molecule has 0 aliphatic carbocycles. The molecule has 1 aromatic carbocycles. The van der Waals surface area contributed by atoms with Gasteiger partial charge in [-0.3, -0.25) is 0 Å². The Labute approximate surface area is 101 Å². The summed E-state index contributed by atoms with van der Waals surface area (Å²) in [5, 5.41) is 2.85. The van der Waals surface area contributed by atoms with Crippen LogP contribution in [0.3, 0.4) is 0 Å². The summed E-state index contributed by atoms with van der Waals surface area (Å²) in [4.78, 5) is 0. The summed E-state index contributed by atoms with van der Waals surface area (Å²) < 4.78 is 62.0. The lowest BCUT2D eigenvalue weighted by atomic mass is 10.1. The van der Waals surface area contributed by atoms with Gasteiger partial charge in [0.15, 0.2) is 0 Å². The second kappa shape index (κ2) is 4.20. The average molecular weight is 279 g/mol. The van der Waals surface area contributed by atoms with Gasteiger partial charge >= 0.3 is 15.6 Å². The quantitative estimate of drug-likeness (QED) is 0.664. The summed E-state index contributed by atoms with van der Waals surface area (Å²) in [5.74, 6) is -0.358. The van der Waals surface area contributed by atoms with Crippen LogP contribution in [0.1, 0.15) is 11.1 Å². The van der Waals surface area contributed by atoms with Crippen molar-refractivity contribution in [2.24, 2.45) is 0 Å². The summed E-state index contributed by atoms with van der Waals surface area (Å²) in [7, 11) is -5.62. The van der Waals surface area contributed by atoms with E-state index < -0.39 is 15.6 Å². The van der Waals surface area contributed by atoms with Crippen LogP contribution in [0.2, 0.25) is 0 Å². The van der Waals surface area contributed by atoms with Gasteiger partial charge in [0, 0.05) is 6.54 Å². The molecule has 4 nitrogen and oxygen atoms in total. The maximum atomic E-state index is 12.1. The number of rotatable bonds is 2. The molecule has 0 unspecified atom stereocenters. The van der Waals surface area contributed by atoms with Crippen LogP contribution in [-0.2, 0) is 16.7 Å². The standard InChI is InChI=1S/C10H8F3NO3S/c11-10(12,13)18(15,16)17-9-2-1-7-3-4-14-6-8(7)5-9/h1-5,14H,6H2. The average Bonchev–Trinajstić information content (AvgIpc) is 2.27. The first-order valence-electron chi connectivity index (χ1n) is 4.83. The molecule has 0 atom stereocenters. The fourth-order valence-corrected chi connectivity index (χ4v) is 1.89. The smallest absolute Gasteiger partial charge is 0.387 e. The normalized spacial score (nSPS) is 14.8. The molecule has 0 radical (unpaired) electrons. The molecule has 2 rings (SSSR count). The van der Waals surface area contributed by atoms with Crippen LogP contribution in [0.5, 0.6) is 5.75 Å². The van der Waals surface area contributed by atoms with Gasteiger partial charge in [0.25, 0.3) is 0 Å². The summed E-state index contributed by atoms with van der Waals surface area (Å²) >= 11 is 0. The highest BCUT2D eigenvalue weighted by molar-refractivity contribution is 7.87. The largest absolute Gasteiger partial charge is 0.534 e. The number of nitrogens with one attached hydrogen (secondary N) is 1. The van der Waals surface area contributed by atoms with E-state index in [9.17, 15) is 21.6 Å². The maximum Gasteiger partial charge on any atom is 0.534 e. The number of fused-ring (bicyclic) bond motifs is 1. The topological polar surface area (TPSA) is 55.4 Å². The highest BCUT2D eigenvalue weighted by Gasteiger charge is 2.48. The van der Waals surface area contributed by atoms with Crippen molar-refractivity contribution in [2.75, 3.05) is 0 Å². The second-order valence-corrected chi connectivity index (χ2v) is 5.10. The number of benzene rings is 1. The molecular weight excluding hydrogens is 271 g/mol. The van der Waals surface area contributed by atoms with Crippen LogP contribution >= 0.6 is 0 Å². The van der Waals surface area contributed by atoms with Crippen LogP contribution in [0.25, 0.3) is 6.08 Å². The first-order valence-corrected chi connectivity index (χ1v) is 6.24. The molecule has 1 aliphatic rings. The lowest BCUT2D eigenvalue weighted by molar-refractivity contribution is -0.0500. The van der Waals surface area contributed by atoms with E-state index in [1.165, 1.54) is 18.2 Å². The van der Waals surface area contributed by atoms with Gasteiger partial charge in [0.05, 0.1) is 0 Å². The van der Waals surface area contributed by atoms with Gasteiger partial charge in [-0.1, -0.05) is 6.07 Å². The Bertz CT molecular complexity index is 593. The minimum absolute atomic E-state index is 0.358. The third-order valence-corrected chi connectivity index (χ3v) is 3.26. The third-order valence-electron chi connectivity index (χ3n) is 2.28. The Morgan fingerprint density at radius 3 is 2.67 bits per heavy atom. The van der Waals surface area contributed by atoms with E-state index >= 15 is 0 Å². The lowest BCUT2D eigenvalue weighted by Gasteiger charge is -2.14. The molecule has 0 fully saturated rings. The van der Waals surface area contributed by atoms with Crippen LogP contribution in [0.4, 0.5) is 13.2 Å². The molecule has 98 valence electrons. The number of hydrogen-bond acceptors (Lipinski definition) is 4. The Morgan fingerprint density at radius 2 is 2.00 bits per heavy atom. The van der Waals surface area contributed by atoms with E-state index in [1.807, 2.05) is 0 Å².